The van der Waals surface area contributed by atoms with Crippen LogP contribution in [0.1, 0.15) is 30.9 Å². The van der Waals surface area contributed by atoms with Crippen LogP contribution in [0.5, 0.6) is 0 Å². The Hall–Kier alpha value is -3.24. The van der Waals surface area contributed by atoms with E-state index in [2.05, 4.69) is 9.97 Å². The van der Waals surface area contributed by atoms with E-state index in [-0.39, 0.29) is 48.8 Å². The molecule has 2 aromatic rings. The van der Waals surface area contributed by atoms with Crippen molar-refractivity contribution in [1.29, 1.82) is 0 Å². The Morgan fingerprint density at radius 3 is 2.50 bits per heavy atom. The Morgan fingerprint density at radius 1 is 1.23 bits per heavy atom. The number of carboxylic acids is 1. The van der Waals surface area contributed by atoms with Gasteiger partial charge in [-0.3, -0.25) is 9.59 Å². The lowest BCUT2D eigenvalue weighted by atomic mass is 9.92. The lowest BCUT2D eigenvalue weighted by Crippen LogP contribution is -2.56. The van der Waals surface area contributed by atoms with Gasteiger partial charge in [-0.05, 0) is 12.3 Å². The molecule has 3 rings (SSSR count). The second-order valence-corrected chi connectivity index (χ2v) is 7.83. The van der Waals surface area contributed by atoms with Gasteiger partial charge in [0.15, 0.2) is 17.5 Å². The molecule has 1 aliphatic rings. The molecule has 11 heteroatoms. The average Bonchev–Trinajstić information content (AvgIpc) is 3.08. The molecule has 0 bridgehead atoms. The standard InChI is InChI=1S/C19H22F2N4O5/c1-9(2)6-25(11-3-10(18(27)28)7-24(8-11)19(29)30)17(26)16-22-14-4-12(20)13(21)5-15(14)23-16/h4-5,9-11H,3,6-8H2,1-2H3,(H,22,23)(H,27,28)(H,29,30)/t10-,11+/m1/s1. The number of carbonyl (C=O) groups excluding carboxylic acids is 1. The van der Waals surface area contributed by atoms with Gasteiger partial charge in [-0.1, -0.05) is 13.8 Å². The molecule has 1 fully saturated rings. The van der Waals surface area contributed by atoms with Crippen LogP contribution in [-0.2, 0) is 4.79 Å². The number of hydrogen-bond acceptors (Lipinski definition) is 4. The van der Waals surface area contributed by atoms with Crippen LogP contribution in [-0.4, -0.2) is 73.6 Å². The summed E-state index contributed by atoms with van der Waals surface area (Å²) < 4.78 is 27.0. The second-order valence-electron chi connectivity index (χ2n) is 7.83. The number of carboxylic acid groups (broad SMARTS) is 2. The normalized spacial score (nSPS) is 19.3. The average molecular weight is 424 g/mol. The van der Waals surface area contributed by atoms with Gasteiger partial charge in [0.25, 0.3) is 5.91 Å². The van der Waals surface area contributed by atoms with Crippen molar-refractivity contribution in [2.75, 3.05) is 19.6 Å². The number of aromatic amines is 1. The zero-order valence-corrected chi connectivity index (χ0v) is 16.4. The van der Waals surface area contributed by atoms with Gasteiger partial charge in [0.1, 0.15) is 0 Å². The molecule has 1 saturated heterocycles. The number of H-pyrrole nitrogens is 1. The summed E-state index contributed by atoms with van der Waals surface area (Å²) in [5.74, 6) is -5.04. The van der Waals surface area contributed by atoms with Gasteiger partial charge in [-0.15, -0.1) is 0 Å². The van der Waals surface area contributed by atoms with Gasteiger partial charge >= 0.3 is 12.1 Å². The highest BCUT2D eigenvalue weighted by atomic mass is 19.2. The predicted molar refractivity (Wildman–Crippen MR) is 101 cm³/mol. The minimum absolute atomic E-state index is 0.00306. The topological polar surface area (TPSA) is 127 Å². The van der Waals surface area contributed by atoms with Gasteiger partial charge in [0, 0.05) is 31.8 Å². The third kappa shape index (κ3) is 4.34. The lowest BCUT2D eigenvalue weighted by molar-refractivity contribution is -0.144. The molecule has 2 amide bonds. The number of hydrogen-bond donors (Lipinski definition) is 3. The fourth-order valence-corrected chi connectivity index (χ4v) is 3.67. The van der Waals surface area contributed by atoms with Crippen LogP contribution in [0, 0.1) is 23.5 Å². The summed E-state index contributed by atoms with van der Waals surface area (Å²) in [6.45, 7) is 3.74. The number of aliphatic carboxylic acids is 1. The molecule has 1 aromatic carbocycles. The van der Waals surface area contributed by atoms with Crippen LogP contribution in [0.15, 0.2) is 12.1 Å². The Balaban J connectivity index is 1.95. The second kappa shape index (κ2) is 8.25. The van der Waals surface area contributed by atoms with Gasteiger partial charge in [-0.25, -0.2) is 18.6 Å². The number of likely N-dealkylation sites (tertiary alicyclic amines) is 1. The maximum Gasteiger partial charge on any atom is 0.407 e. The number of benzene rings is 1. The summed E-state index contributed by atoms with van der Waals surface area (Å²) >= 11 is 0. The molecule has 1 aliphatic heterocycles. The number of amides is 2. The van der Waals surface area contributed by atoms with Crippen LogP contribution in [0.25, 0.3) is 11.0 Å². The van der Waals surface area contributed by atoms with Crippen molar-refractivity contribution in [1.82, 2.24) is 19.8 Å². The van der Waals surface area contributed by atoms with Crippen molar-refractivity contribution in [2.24, 2.45) is 11.8 Å². The van der Waals surface area contributed by atoms with Crippen LogP contribution >= 0.6 is 0 Å². The summed E-state index contributed by atoms with van der Waals surface area (Å²) in [6.07, 6.45) is -1.18. The van der Waals surface area contributed by atoms with E-state index in [1.54, 1.807) is 0 Å². The first-order valence-corrected chi connectivity index (χ1v) is 9.43. The van der Waals surface area contributed by atoms with Crippen LogP contribution in [0.4, 0.5) is 13.6 Å². The maximum absolute atomic E-state index is 13.5. The fraction of sp³-hybridized carbons (Fsp3) is 0.474. The van der Waals surface area contributed by atoms with E-state index >= 15 is 0 Å². The minimum Gasteiger partial charge on any atom is -0.481 e. The number of carbonyl (C=O) groups is 3. The molecule has 0 aliphatic carbocycles. The SMILES string of the molecule is CC(C)CN(C(=O)c1nc2cc(F)c(F)cc2[nH]1)[C@H]1C[C@@H](C(=O)O)CN(C(=O)O)C1. The van der Waals surface area contributed by atoms with Crippen LogP contribution < -0.4 is 0 Å². The van der Waals surface area contributed by atoms with Crippen molar-refractivity contribution in [3.05, 3.63) is 29.6 Å². The molecule has 2 atom stereocenters. The van der Waals surface area contributed by atoms with Crippen molar-refractivity contribution in [3.8, 4) is 0 Å². The molecular weight excluding hydrogens is 402 g/mol. The zero-order valence-electron chi connectivity index (χ0n) is 16.4. The van der Waals surface area contributed by atoms with E-state index in [0.717, 1.165) is 17.0 Å². The van der Waals surface area contributed by atoms with Gasteiger partial charge in [0.2, 0.25) is 0 Å². The maximum atomic E-state index is 13.5. The van der Waals surface area contributed by atoms with Crippen LogP contribution in [0.2, 0.25) is 0 Å². The van der Waals surface area contributed by atoms with E-state index in [0.29, 0.717) is 0 Å². The zero-order chi connectivity index (χ0) is 22.2. The number of imidazole rings is 1. The predicted octanol–water partition coefficient (Wildman–Crippen LogP) is 2.39. The number of nitrogens with zero attached hydrogens (tertiary/aromatic N) is 3. The first kappa shape index (κ1) is 21.5. The molecule has 9 nitrogen and oxygen atoms in total. The third-order valence-corrected chi connectivity index (χ3v) is 5.04. The largest absolute Gasteiger partial charge is 0.481 e. The van der Waals surface area contributed by atoms with E-state index < -0.39 is 41.6 Å². The summed E-state index contributed by atoms with van der Waals surface area (Å²) in [4.78, 5) is 45.3. The van der Waals surface area contributed by atoms with Gasteiger partial charge in [-0.2, -0.15) is 0 Å². The summed E-state index contributed by atoms with van der Waals surface area (Å²) in [7, 11) is 0. The van der Waals surface area contributed by atoms with Crippen molar-refractivity contribution < 1.29 is 33.4 Å². The van der Waals surface area contributed by atoms with E-state index in [4.69, 9.17) is 0 Å². The van der Waals surface area contributed by atoms with Crippen LogP contribution in [0.3, 0.4) is 0 Å². The Labute approximate surface area is 170 Å². The first-order chi connectivity index (χ1) is 14.1. The highest BCUT2D eigenvalue weighted by molar-refractivity contribution is 5.94. The molecule has 3 N–H and O–H groups in total. The monoisotopic (exact) mass is 424 g/mol. The quantitative estimate of drug-likeness (QED) is 0.677. The smallest absolute Gasteiger partial charge is 0.407 e. The Kier molecular flexibility index (Phi) is 5.90. The van der Waals surface area contributed by atoms with E-state index in [9.17, 15) is 33.4 Å². The van der Waals surface area contributed by atoms with E-state index in [1.165, 1.54) is 4.90 Å². The van der Waals surface area contributed by atoms with Gasteiger partial charge < -0.3 is 25.0 Å². The number of halogens is 2. The van der Waals surface area contributed by atoms with Crippen molar-refractivity contribution in [2.45, 2.75) is 26.3 Å². The molecule has 0 spiro atoms. The molecule has 0 radical (unpaired) electrons. The number of fused-ring (bicyclic) bond motifs is 1. The number of piperidine rings is 1. The summed E-state index contributed by atoms with van der Waals surface area (Å²) in [5, 5.41) is 18.8. The fourth-order valence-electron chi connectivity index (χ4n) is 3.67. The summed E-state index contributed by atoms with van der Waals surface area (Å²) in [6, 6.07) is 1.08. The number of rotatable bonds is 5. The highest BCUT2D eigenvalue weighted by Crippen LogP contribution is 2.25. The first-order valence-electron chi connectivity index (χ1n) is 9.43. The van der Waals surface area contributed by atoms with Crippen molar-refractivity contribution in [3.63, 3.8) is 0 Å². The molecule has 0 saturated carbocycles. The number of aromatic nitrogens is 2. The molecule has 30 heavy (non-hydrogen) atoms. The molecule has 162 valence electrons. The molecule has 0 unspecified atom stereocenters. The third-order valence-electron chi connectivity index (χ3n) is 5.04. The minimum atomic E-state index is -1.27. The summed E-state index contributed by atoms with van der Waals surface area (Å²) in [5.41, 5.74) is 0.210. The van der Waals surface area contributed by atoms with Gasteiger partial charge in [0.05, 0.1) is 23.0 Å². The number of nitrogens with one attached hydrogen (secondary N) is 1. The highest BCUT2D eigenvalue weighted by Gasteiger charge is 2.39. The Morgan fingerprint density at radius 2 is 1.90 bits per heavy atom. The Bertz CT molecular complexity index is 932. The van der Waals surface area contributed by atoms with Crippen molar-refractivity contribution >= 4 is 29.0 Å². The molecule has 2 heterocycles. The molecule has 1 aromatic heterocycles. The molecular formula is C19H22F2N4O5. The van der Waals surface area contributed by atoms with E-state index in [1.807, 2.05) is 13.8 Å². The lowest BCUT2D eigenvalue weighted by Gasteiger charge is -2.41.